The van der Waals surface area contributed by atoms with Crippen molar-refractivity contribution in [2.45, 2.75) is 26.3 Å². The minimum absolute atomic E-state index is 0. The van der Waals surface area contributed by atoms with Crippen LogP contribution in [0.15, 0.2) is 41.4 Å². The van der Waals surface area contributed by atoms with Gasteiger partial charge in [-0.15, -0.1) is 24.0 Å². The number of amides is 1. The van der Waals surface area contributed by atoms with Crippen molar-refractivity contribution in [3.63, 3.8) is 0 Å². The lowest BCUT2D eigenvalue weighted by Gasteiger charge is -2.37. The molecule has 1 aromatic carbocycles. The molecule has 6 nitrogen and oxygen atoms in total. The van der Waals surface area contributed by atoms with Crippen LogP contribution in [-0.4, -0.2) is 86.0 Å². The van der Waals surface area contributed by atoms with Crippen molar-refractivity contribution in [2.75, 3.05) is 53.4 Å². The summed E-state index contributed by atoms with van der Waals surface area (Å²) in [7, 11) is 3.53. The van der Waals surface area contributed by atoms with Gasteiger partial charge in [0.1, 0.15) is 6.54 Å². The number of rotatable bonds is 7. The van der Waals surface area contributed by atoms with Gasteiger partial charge in [-0.2, -0.15) is 0 Å². The number of carbonyl (C=O) groups excluding carboxylic acids is 1. The van der Waals surface area contributed by atoms with Gasteiger partial charge in [0, 0.05) is 52.9 Å². The number of aliphatic imine (C=N–C) groups is 1. The highest BCUT2D eigenvalue weighted by Gasteiger charge is 2.20. The van der Waals surface area contributed by atoms with Gasteiger partial charge in [0.15, 0.2) is 5.96 Å². The molecule has 2 rings (SSSR count). The van der Waals surface area contributed by atoms with Crippen molar-refractivity contribution < 1.29 is 4.79 Å². The summed E-state index contributed by atoms with van der Waals surface area (Å²) < 4.78 is 0. The summed E-state index contributed by atoms with van der Waals surface area (Å²) in [5.41, 5.74) is 1.24. The zero-order valence-electron chi connectivity index (χ0n) is 18.2. The molecule has 0 aliphatic carbocycles. The molecule has 1 amide bonds. The van der Waals surface area contributed by atoms with Crippen LogP contribution < -0.4 is 5.32 Å². The smallest absolute Gasteiger partial charge is 0.243 e. The van der Waals surface area contributed by atoms with Crippen LogP contribution in [0.3, 0.4) is 0 Å². The number of benzene rings is 1. The third-order valence-corrected chi connectivity index (χ3v) is 5.00. The Kier molecular flexibility index (Phi) is 11.9. The highest BCUT2D eigenvalue weighted by molar-refractivity contribution is 14.0. The van der Waals surface area contributed by atoms with E-state index in [1.807, 2.05) is 6.07 Å². The maximum absolute atomic E-state index is 11.9. The lowest BCUT2D eigenvalue weighted by molar-refractivity contribution is -0.127. The molecule has 1 fully saturated rings. The molecule has 7 heteroatoms. The summed E-state index contributed by atoms with van der Waals surface area (Å²) in [5, 5.41) is 3.48. The third kappa shape index (κ3) is 9.16. The summed E-state index contributed by atoms with van der Waals surface area (Å²) in [6.07, 6.45) is 5.43. The number of likely N-dealkylation sites (N-methyl/N-ethyl adjacent to an activating group) is 1. The Balaban J connectivity index is 0.00000420. The molecule has 1 saturated heterocycles. The van der Waals surface area contributed by atoms with Crippen LogP contribution in [0.1, 0.15) is 25.8 Å². The van der Waals surface area contributed by atoms with Crippen LogP contribution >= 0.6 is 24.0 Å². The van der Waals surface area contributed by atoms with Gasteiger partial charge in [0.25, 0.3) is 0 Å². The van der Waals surface area contributed by atoms with E-state index in [2.05, 4.69) is 70.4 Å². The number of hydrogen-bond acceptors (Lipinski definition) is 3. The van der Waals surface area contributed by atoms with Crippen molar-refractivity contribution >= 4 is 41.9 Å². The number of guanidine groups is 1. The van der Waals surface area contributed by atoms with Crippen molar-refractivity contribution in [3.05, 3.63) is 42.0 Å². The topological polar surface area (TPSA) is 51.2 Å². The number of piperazine rings is 1. The predicted molar refractivity (Wildman–Crippen MR) is 133 cm³/mol. The zero-order chi connectivity index (χ0) is 20.4. The number of nitrogens with zero attached hydrogens (tertiary/aromatic N) is 4. The van der Waals surface area contributed by atoms with E-state index in [1.54, 1.807) is 19.0 Å². The lowest BCUT2D eigenvalue weighted by atomic mass is 10.2. The second-order valence-electron chi connectivity index (χ2n) is 7.48. The fourth-order valence-electron chi connectivity index (χ4n) is 2.89. The zero-order valence-corrected chi connectivity index (χ0v) is 20.5. The molecule has 0 radical (unpaired) electrons. The summed E-state index contributed by atoms with van der Waals surface area (Å²) >= 11 is 0. The molecule has 1 aliphatic heterocycles. The first-order valence-electron chi connectivity index (χ1n) is 10.2. The Morgan fingerprint density at radius 1 is 1.21 bits per heavy atom. The molecule has 0 saturated carbocycles. The number of carbonyl (C=O) groups is 1. The van der Waals surface area contributed by atoms with E-state index in [4.69, 9.17) is 0 Å². The summed E-state index contributed by atoms with van der Waals surface area (Å²) in [6.45, 7) is 9.24. The van der Waals surface area contributed by atoms with Gasteiger partial charge in [0.05, 0.1) is 0 Å². The fraction of sp³-hybridized carbons (Fsp3) is 0.545. The first-order chi connectivity index (χ1) is 13.5. The number of halogens is 1. The minimum Gasteiger partial charge on any atom is -0.354 e. The van der Waals surface area contributed by atoms with Crippen LogP contribution in [0.5, 0.6) is 0 Å². The largest absolute Gasteiger partial charge is 0.354 e. The summed E-state index contributed by atoms with van der Waals surface area (Å²) in [4.78, 5) is 22.8. The van der Waals surface area contributed by atoms with E-state index in [9.17, 15) is 4.79 Å². The van der Waals surface area contributed by atoms with E-state index < -0.39 is 0 Å². The summed E-state index contributed by atoms with van der Waals surface area (Å²) in [6, 6.07) is 10.7. The van der Waals surface area contributed by atoms with E-state index in [0.717, 1.165) is 45.1 Å². The molecule has 162 valence electrons. The number of hydrogen-bond donors (Lipinski definition) is 1. The molecule has 1 aliphatic rings. The maximum atomic E-state index is 11.9. The maximum Gasteiger partial charge on any atom is 0.243 e. The molecule has 1 heterocycles. The van der Waals surface area contributed by atoms with E-state index in [0.29, 0.717) is 6.04 Å². The highest BCUT2D eigenvalue weighted by Crippen LogP contribution is 2.06. The van der Waals surface area contributed by atoms with Crippen LogP contribution in [0.4, 0.5) is 0 Å². The molecule has 0 bridgehead atoms. The van der Waals surface area contributed by atoms with Crippen LogP contribution in [0.25, 0.3) is 6.08 Å². The molecule has 1 unspecified atom stereocenters. The van der Waals surface area contributed by atoms with Crippen LogP contribution in [-0.2, 0) is 4.79 Å². The molecule has 1 aromatic rings. The molecule has 0 spiro atoms. The summed E-state index contributed by atoms with van der Waals surface area (Å²) in [5.74, 6) is 0.872. The Labute approximate surface area is 193 Å². The Hall–Kier alpha value is -1.61. The average molecular weight is 513 g/mol. The minimum atomic E-state index is 0. The molecule has 0 aromatic heterocycles. The van der Waals surface area contributed by atoms with Crippen molar-refractivity contribution in [1.29, 1.82) is 0 Å². The molecular weight excluding hydrogens is 477 g/mol. The first kappa shape index (κ1) is 25.4. The Morgan fingerprint density at radius 2 is 1.86 bits per heavy atom. The quantitative estimate of drug-likeness (QED) is 0.346. The number of nitrogens with one attached hydrogen (secondary N) is 1. The van der Waals surface area contributed by atoms with Gasteiger partial charge < -0.3 is 15.1 Å². The fourth-order valence-corrected chi connectivity index (χ4v) is 2.89. The molecule has 1 N–H and O–H groups in total. The van der Waals surface area contributed by atoms with E-state index in [1.165, 1.54) is 5.56 Å². The normalized spacial score (nSPS) is 16.4. The molecule has 1 atom stereocenters. The second kappa shape index (κ2) is 13.6. The van der Waals surface area contributed by atoms with E-state index in [-0.39, 0.29) is 36.4 Å². The van der Waals surface area contributed by atoms with Gasteiger partial charge in [0.2, 0.25) is 5.91 Å². The SMILES string of the molecule is CCC(C)NC(=NCC(=O)N(C)C)N1CCN(C/C=C/c2ccccc2)CC1.I. The predicted octanol–water partition coefficient (Wildman–Crippen LogP) is 2.77. The van der Waals surface area contributed by atoms with E-state index >= 15 is 0 Å². The monoisotopic (exact) mass is 513 g/mol. The van der Waals surface area contributed by atoms with Gasteiger partial charge in [-0.25, -0.2) is 4.99 Å². The van der Waals surface area contributed by atoms with Crippen molar-refractivity contribution in [1.82, 2.24) is 20.0 Å². The first-order valence-corrected chi connectivity index (χ1v) is 10.2. The Morgan fingerprint density at radius 3 is 2.45 bits per heavy atom. The lowest BCUT2D eigenvalue weighted by Crippen LogP contribution is -2.54. The highest BCUT2D eigenvalue weighted by atomic mass is 127. The van der Waals surface area contributed by atoms with Crippen molar-refractivity contribution in [3.8, 4) is 0 Å². The van der Waals surface area contributed by atoms with Gasteiger partial charge in [-0.05, 0) is 18.9 Å². The van der Waals surface area contributed by atoms with Gasteiger partial charge in [-0.3, -0.25) is 9.69 Å². The van der Waals surface area contributed by atoms with Crippen molar-refractivity contribution in [2.24, 2.45) is 4.99 Å². The molecular formula is C22H36IN5O. The van der Waals surface area contributed by atoms with Gasteiger partial charge >= 0.3 is 0 Å². The van der Waals surface area contributed by atoms with Crippen LogP contribution in [0.2, 0.25) is 0 Å². The standard InChI is InChI=1S/C22H35N5O.HI/c1-5-19(2)24-22(23-18-21(28)25(3)4)27-16-14-26(15-17-27)13-9-12-20-10-7-6-8-11-20;/h6-12,19H,5,13-18H2,1-4H3,(H,23,24);1H/b12-9+;. The Bertz CT molecular complexity index is 654. The van der Waals surface area contributed by atoms with Crippen LogP contribution in [0, 0.1) is 0 Å². The second-order valence-corrected chi connectivity index (χ2v) is 7.48. The molecule has 29 heavy (non-hydrogen) atoms. The van der Waals surface area contributed by atoms with Gasteiger partial charge in [-0.1, -0.05) is 49.4 Å². The average Bonchev–Trinajstić information content (AvgIpc) is 2.72. The third-order valence-electron chi connectivity index (χ3n) is 5.00.